The molecule has 3 heterocycles. The molecule has 2 aromatic rings. The Labute approximate surface area is 161 Å². The van der Waals surface area contributed by atoms with E-state index in [0.717, 1.165) is 0 Å². The van der Waals surface area contributed by atoms with Crippen LogP contribution in [-0.2, 0) is 4.79 Å². The topological polar surface area (TPSA) is 119 Å². The van der Waals surface area contributed by atoms with Crippen LogP contribution in [-0.4, -0.2) is 34.6 Å². The number of carbonyl (C=O) groups is 2. The first-order chi connectivity index (χ1) is 13.4. The van der Waals surface area contributed by atoms with Gasteiger partial charge in [0.1, 0.15) is 5.82 Å². The van der Waals surface area contributed by atoms with Gasteiger partial charge in [0.2, 0.25) is 12.7 Å². The Morgan fingerprint density at radius 3 is 2.79 bits per heavy atom. The number of fused-ring (bicyclic) bond motifs is 1. The van der Waals surface area contributed by atoms with E-state index in [1.807, 2.05) is 20.8 Å². The number of nitrogens with one attached hydrogen (secondary N) is 4. The molecule has 1 fully saturated rings. The molecule has 28 heavy (non-hydrogen) atoms. The van der Waals surface area contributed by atoms with Crippen molar-refractivity contribution in [1.29, 1.82) is 0 Å². The fourth-order valence-electron chi connectivity index (χ4n) is 3.12. The van der Waals surface area contributed by atoms with Crippen LogP contribution in [0, 0.1) is 12.8 Å². The van der Waals surface area contributed by atoms with Crippen molar-refractivity contribution in [3.63, 3.8) is 0 Å². The molecule has 10 nitrogen and oxygen atoms in total. The Morgan fingerprint density at radius 1 is 1.21 bits per heavy atom. The second kappa shape index (κ2) is 7.04. The first-order valence-corrected chi connectivity index (χ1v) is 9.01. The van der Waals surface area contributed by atoms with Crippen molar-refractivity contribution in [2.45, 2.75) is 33.1 Å². The number of benzene rings is 1. The van der Waals surface area contributed by atoms with E-state index in [1.54, 1.807) is 28.9 Å². The Balaban J connectivity index is 1.48. The largest absolute Gasteiger partial charge is 0.454 e. The van der Waals surface area contributed by atoms with E-state index in [1.165, 1.54) is 0 Å². The summed E-state index contributed by atoms with van der Waals surface area (Å²) in [5, 5.41) is 16.1. The molecule has 148 valence electrons. The molecule has 3 atom stereocenters. The van der Waals surface area contributed by atoms with Gasteiger partial charge in [0.05, 0.1) is 11.6 Å². The Kier molecular flexibility index (Phi) is 4.55. The summed E-state index contributed by atoms with van der Waals surface area (Å²) >= 11 is 0. The first-order valence-electron chi connectivity index (χ1n) is 9.01. The number of aryl methyl sites for hydroxylation is 1. The van der Waals surface area contributed by atoms with Crippen molar-refractivity contribution < 1.29 is 19.1 Å². The van der Waals surface area contributed by atoms with Crippen LogP contribution < -0.4 is 30.7 Å². The fraction of sp³-hybridized carbons (Fsp3) is 0.389. The molecule has 3 unspecified atom stereocenters. The zero-order valence-corrected chi connectivity index (χ0v) is 15.8. The summed E-state index contributed by atoms with van der Waals surface area (Å²) in [5.74, 6) is 1.45. The number of urea groups is 1. The van der Waals surface area contributed by atoms with Gasteiger partial charge in [-0.1, -0.05) is 6.92 Å². The summed E-state index contributed by atoms with van der Waals surface area (Å²) in [5.41, 5.74) is 1.27. The highest BCUT2D eigenvalue weighted by Gasteiger charge is 2.32. The average molecular weight is 386 g/mol. The lowest BCUT2D eigenvalue weighted by Gasteiger charge is -2.34. The predicted octanol–water partition coefficient (Wildman–Crippen LogP) is 1.76. The maximum absolute atomic E-state index is 12.5. The highest BCUT2D eigenvalue weighted by molar-refractivity contribution is 5.99. The smallest absolute Gasteiger partial charge is 0.324 e. The van der Waals surface area contributed by atoms with E-state index >= 15 is 0 Å². The molecule has 0 saturated carbocycles. The van der Waals surface area contributed by atoms with E-state index in [-0.39, 0.29) is 24.7 Å². The Morgan fingerprint density at radius 2 is 2.00 bits per heavy atom. The fourth-order valence-corrected chi connectivity index (χ4v) is 3.12. The van der Waals surface area contributed by atoms with Crippen molar-refractivity contribution in [3.05, 3.63) is 30.0 Å². The molecule has 1 aromatic carbocycles. The molecule has 0 aliphatic carbocycles. The predicted molar refractivity (Wildman–Crippen MR) is 101 cm³/mol. The second-order valence-electron chi connectivity index (χ2n) is 6.92. The van der Waals surface area contributed by atoms with Crippen molar-refractivity contribution in [2.75, 3.05) is 17.4 Å². The summed E-state index contributed by atoms with van der Waals surface area (Å²) in [6.45, 7) is 5.77. The van der Waals surface area contributed by atoms with E-state index < -0.39 is 12.3 Å². The SMILES string of the molecule is Cc1cc(NC(=O)Nc2ccc3c(c2)OCO3)n(C2NC(=O)C(C)C(C)N2)n1. The number of ether oxygens (including phenoxy) is 2. The number of anilines is 2. The molecule has 2 aliphatic rings. The van der Waals surface area contributed by atoms with E-state index in [0.29, 0.717) is 28.7 Å². The minimum absolute atomic E-state index is 0.0291. The number of carbonyl (C=O) groups excluding carboxylic acids is 2. The van der Waals surface area contributed by atoms with Crippen LogP contribution >= 0.6 is 0 Å². The minimum Gasteiger partial charge on any atom is -0.454 e. The molecule has 0 spiro atoms. The van der Waals surface area contributed by atoms with Gasteiger partial charge in [-0.25, -0.2) is 9.48 Å². The molecule has 0 bridgehead atoms. The van der Waals surface area contributed by atoms with Gasteiger partial charge >= 0.3 is 6.03 Å². The van der Waals surface area contributed by atoms with Crippen molar-refractivity contribution in [2.24, 2.45) is 5.92 Å². The normalized spacial score (nSPS) is 23.2. The third kappa shape index (κ3) is 3.46. The molecular formula is C18H22N6O4. The summed E-state index contributed by atoms with van der Waals surface area (Å²) in [7, 11) is 0. The average Bonchev–Trinajstić information content (AvgIpc) is 3.25. The molecule has 4 N–H and O–H groups in total. The molecule has 1 saturated heterocycles. The van der Waals surface area contributed by atoms with Gasteiger partial charge in [0.15, 0.2) is 17.8 Å². The standard InChI is InChI=1S/C18H22N6O4/c1-9-6-15(24(23-9)17-19-11(3)10(2)16(25)22-17)21-18(26)20-12-4-5-13-14(7-12)28-8-27-13/h4-7,10-11,17,19H,8H2,1-3H3,(H,22,25)(H2,20,21,26). The summed E-state index contributed by atoms with van der Waals surface area (Å²) in [4.78, 5) is 24.6. The minimum atomic E-state index is -0.548. The van der Waals surface area contributed by atoms with Crippen LogP contribution in [0.2, 0.25) is 0 Å². The Hall–Kier alpha value is -3.27. The zero-order valence-electron chi connectivity index (χ0n) is 15.8. The summed E-state index contributed by atoms with van der Waals surface area (Å²) < 4.78 is 12.1. The molecule has 10 heteroatoms. The van der Waals surface area contributed by atoms with Crippen molar-refractivity contribution in [3.8, 4) is 11.5 Å². The lowest BCUT2D eigenvalue weighted by atomic mass is 10.0. The highest BCUT2D eigenvalue weighted by atomic mass is 16.7. The number of amides is 3. The number of nitrogens with zero attached hydrogens (tertiary/aromatic N) is 2. The molecule has 4 rings (SSSR count). The van der Waals surface area contributed by atoms with E-state index in [4.69, 9.17) is 9.47 Å². The molecule has 2 aliphatic heterocycles. The van der Waals surface area contributed by atoms with Crippen LogP contribution in [0.1, 0.15) is 25.8 Å². The van der Waals surface area contributed by atoms with Gasteiger partial charge in [0.25, 0.3) is 0 Å². The van der Waals surface area contributed by atoms with Crippen molar-refractivity contribution >= 4 is 23.4 Å². The van der Waals surface area contributed by atoms with Gasteiger partial charge in [0, 0.05) is 23.9 Å². The molecule has 3 amide bonds. The summed E-state index contributed by atoms with van der Waals surface area (Å²) in [6.07, 6.45) is -0.548. The first kappa shape index (κ1) is 18.1. The molecule has 1 aromatic heterocycles. The van der Waals surface area contributed by atoms with Gasteiger partial charge in [-0.05, 0) is 26.0 Å². The van der Waals surface area contributed by atoms with E-state index in [2.05, 4.69) is 26.4 Å². The van der Waals surface area contributed by atoms with Crippen LogP contribution in [0.4, 0.5) is 16.3 Å². The number of rotatable bonds is 3. The number of aromatic nitrogens is 2. The van der Waals surface area contributed by atoms with E-state index in [9.17, 15) is 9.59 Å². The van der Waals surface area contributed by atoms with Crippen LogP contribution in [0.25, 0.3) is 0 Å². The molecule has 0 radical (unpaired) electrons. The quantitative estimate of drug-likeness (QED) is 0.638. The monoisotopic (exact) mass is 386 g/mol. The highest BCUT2D eigenvalue weighted by Crippen LogP contribution is 2.34. The maximum atomic E-state index is 12.5. The van der Waals surface area contributed by atoms with Gasteiger partial charge < -0.3 is 20.1 Å². The maximum Gasteiger partial charge on any atom is 0.324 e. The van der Waals surface area contributed by atoms with Crippen LogP contribution in [0.15, 0.2) is 24.3 Å². The number of hydrogen-bond donors (Lipinski definition) is 4. The summed E-state index contributed by atoms with van der Waals surface area (Å²) in [6, 6.07) is 6.41. The van der Waals surface area contributed by atoms with Crippen LogP contribution in [0.5, 0.6) is 11.5 Å². The Bertz CT molecular complexity index is 927. The molecular weight excluding hydrogens is 364 g/mol. The number of hydrogen-bond acceptors (Lipinski definition) is 6. The lowest BCUT2D eigenvalue weighted by molar-refractivity contribution is -0.130. The van der Waals surface area contributed by atoms with Gasteiger partial charge in [-0.2, -0.15) is 5.10 Å². The lowest BCUT2D eigenvalue weighted by Crippen LogP contribution is -2.57. The third-order valence-electron chi connectivity index (χ3n) is 4.84. The van der Waals surface area contributed by atoms with Gasteiger partial charge in [-0.3, -0.25) is 15.4 Å². The van der Waals surface area contributed by atoms with Gasteiger partial charge in [-0.15, -0.1) is 0 Å². The van der Waals surface area contributed by atoms with Crippen molar-refractivity contribution in [1.82, 2.24) is 20.4 Å². The third-order valence-corrected chi connectivity index (χ3v) is 4.84. The van der Waals surface area contributed by atoms with Crippen LogP contribution in [0.3, 0.4) is 0 Å². The zero-order chi connectivity index (χ0) is 19.8. The second-order valence-corrected chi connectivity index (χ2v) is 6.92.